The number of ether oxygens (including phenoxy) is 2. The normalized spacial score (nSPS) is 23.0. The van der Waals surface area contributed by atoms with Gasteiger partial charge in [0.15, 0.2) is 0 Å². The van der Waals surface area contributed by atoms with Gasteiger partial charge in [0.05, 0.1) is 13.2 Å². The Morgan fingerprint density at radius 1 is 1.47 bits per heavy atom. The summed E-state index contributed by atoms with van der Waals surface area (Å²) in [5, 5.41) is 0. The zero-order valence-corrected chi connectivity index (χ0v) is 12.1. The van der Waals surface area contributed by atoms with Crippen molar-refractivity contribution < 1.29 is 9.47 Å². The Balaban J connectivity index is 2.12. The summed E-state index contributed by atoms with van der Waals surface area (Å²) in [6, 6.07) is 6.63. The van der Waals surface area contributed by atoms with Crippen molar-refractivity contribution in [2.24, 2.45) is 5.73 Å². The first-order chi connectivity index (χ1) is 9.15. The third-order valence-corrected chi connectivity index (χ3v) is 3.90. The largest absolute Gasteiger partial charge is 0.496 e. The first-order valence-corrected chi connectivity index (χ1v) is 6.83. The fourth-order valence-electron chi connectivity index (χ4n) is 2.77. The van der Waals surface area contributed by atoms with E-state index in [-0.39, 0.29) is 0 Å². The predicted molar refractivity (Wildman–Crippen MR) is 76.2 cm³/mol. The lowest BCUT2D eigenvalue weighted by Gasteiger charge is -2.27. The molecule has 1 aromatic rings. The van der Waals surface area contributed by atoms with Gasteiger partial charge in [0.2, 0.25) is 0 Å². The highest BCUT2D eigenvalue weighted by atomic mass is 16.5. The third-order valence-electron chi connectivity index (χ3n) is 3.90. The van der Waals surface area contributed by atoms with E-state index in [0.29, 0.717) is 18.7 Å². The number of hydrogen-bond donors (Lipinski definition) is 1. The van der Waals surface area contributed by atoms with Crippen LogP contribution in [0.3, 0.4) is 0 Å². The molecule has 2 unspecified atom stereocenters. The highest BCUT2D eigenvalue weighted by Crippen LogP contribution is 2.25. The van der Waals surface area contributed by atoms with E-state index in [9.17, 15) is 0 Å². The number of methoxy groups -OCH3 is 1. The van der Waals surface area contributed by atoms with Gasteiger partial charge < -0.3 is 15.2 Å². The molecule has 0 amide bonds. The second-order valence-corrected chi connectivity index (χ2v) is 5.20. The second-order valence-electron chi connectivity index (χ2n) is 5.20. The first kappa shape index (κ1) is 14.3. The molecule has 4 nitrogen and oxygen atoms in total. The first-order valence-electron chi connectivity index (χ1n) is 6.83. The molecule has 2 rings (SSSR count). The Morgan fingerprint density at radius 3 is 2.84 bits per heavy atom. The molecule has 2 N–H and O–H groups in total. The van der Waals surface area contributed by atoms with Gasteiger partial charge in [-0.2, -0.15) is 0 Å². The molecule has 0 spiro atoms. The quantitative estimate of drug-likeness (QED) is 0.880. The van der Waals surface area contributed by atoms with E-state index >= 15 is 0 Å². The highest BCUT2D eigenvalue weighted by Gasteiger charge is 2.28. The molecule has 0 aliphatic carbocycles. The average Bonchev–Trinajstić information content (AvgIpc) is 2.85. The van der Waals surface area contributed by atoms with E-state index in [0.717, 1.165) is 30.9 Å². The van der Waals surface area contributed by atoms with Gasteiger partial charge in [-0.15, -0.1) is 0 Å². The van der Waals surface area contributed by atoms with E-state index in [2.05, 4.69) is 24.9 Å². The lowest BCUT2D eigenvalue weighted by molar-refractivity contribution is 0.0811. The smallest absolute Gasteiger partial charge is 0.123 e. The summed E-state index contributed by atoms with van der Waals surface area (Å²) >= 11 is 0. The summed E-state index contributed by atoms with van der Waals surface area (Å²) in [6.45, 7) is 4.41. The van der Waals surface area contributed by atoms with Crippen molar-refractivity contribution in [1.29, 1.82) is 0 Å². The molecule has 0 bridgehead atoms. The number of benzene rings is 1. The van der Waals surface area contributed by atoms with Gasteiger partial charge >= 0.3 is 0 Å². The molecule has 1 aliphatic rings. The topological polar surface area (TPSA) is 47.7 Å². The van der Waals surface area contributed by atoms with Crippen LogP contribution in [-0.2, 0) is 17.8 Å². The molecular weight excluding hydrogens is 240 g/mol. The fourth-order valence-corrected chi connectivity index (χ4v) is 2.77. The van der Waals surface area contributed by atoms with Crippen molar-refractivity contribution in [3.63, 3.8) is 0 Å². The fraction of sp³-hybridized carbons (Fsp3) is 0.600. The predicted octanol–water partition coefficient (Wildman–Crippen LogP) is 1.76. The van der Waals surface area contributed by atoms with Crippen LogP contribution in [0.4, 0.5) is 0 Å². The Labute approximate surface area is 115 Å². The Morgan fingerprint density at radius 2 is 2.26 bits per heavy atom. The summed E-state index contributed by atoms with van der Waals surface area (Å²) in [5.74, 6) is 0.926. The van der Waals surface area contributed by atoms with Gasteiger partial charge in [0.25, 0.3) is 0 Å². The van der Waals surface area contributed by atoms with Crippen LogP contribution in [0.25, 0.3) is 0 Å². The average molecular weight is 264 g/mol. The maximum atomic E-state index is 5.71. The van der Waals surface area contributed by atoms with Crippen molar-refractivity contribution in [1.82, 2.24) is 4.90 Å². The Hall–Kier alpha value is -1.10. The van der Waals surface area contributed by atoms with Crippen LogP contribution in [0.15, 0.2) is 18.2 Å². The van der Waals surface area contributed by atoms with Gasteiger partial charge in [-0.25, -0.2) is 0 Å². The summed E-state index contributed by atoms with van der Waals surface area (Å²) < 4.78 is 11.1. The van der Waals surface area contributed by atoms with E-state index in [1.165, 1.54) is 5.56 Å². The SMILES string of the molecule is COc1ccc(CN)cc1CN(C)C1CCOC1C. The zero-order valence-electron chi connectivity index (χ0n) is 12.1. The van der Waals surface area contributed by atoms with Crippen LogP contribution >= 0.6 is 0 Å². The van der Waals surface area contributed by atoms with Crippen LogP contribution in [0.5, 0.6) is 5.75 Å². The molecule has 1 fully saturated rings. The lowest BCUT2D eigenvalue weighted by atomic mass is 10.1. The number of rotatable bonds is 5. The van der Waals surface area contributed by atoms with Gasteiger partial charge in [0, 0.05) is 31.3 Å². The Bertz CT molecular complexity index is 423. The van der Waals surface area contributed by atoms with Gasteiger partial charge in [-0.05, 0) is 38.1 Å². The maximum Gasteiger partial charge on any atom is 0.123 e. The molecular formula is C15H24N2O2. The van der Waals surface area contributed by atoms with Crippen molar-refractivity contribution in [3.8, 4) is 5.75 Å². The summed E-state index contributed by atoms with van der Waals surface area (Å²) in [7, 11) is 3.85. The van der Waals surface area contributed by atoms with Gasteiger partial charge in [-0.1, -0.05) is 6.07 Å². The minimum absolute atomic E-state index is 0.300. The molecule has 2 atom stereocenters. The lowest BCUT2D eigenvalue weighted by Crippen LogP contribution is -2.36. The van der Waals surface area contributed by atoms with Crippen LogP contribution in [0.1, 0.15) is 24.5 Å². The van der Waals surface area contributed by atoms with Crippen LogP contribution < -0.4 is 10.5 Å². The van der Waals surface area contributed by atoms with E-state index in [1.807, 2.05) is 12.1 Å². The maximum absolute atomic E-state index is 5.71. The zero-order chi connectivity index (χ0) is 13.8. The van der Waals surface area contributed by atoms with Crippen molar-refractivity contribution >= 4 is 0 Å². The number of hydrogen-bond acceptors (Lipinski definition) is 4. The van der Waals surface area contributed by atoms with Gasteiger partial charge in [0.1, 0.15) is 5.75 Å². The van der Waals surface area contributed by atoms with Crippen molar-refractivity contribution in [2.75, 3.05) is 20.8 Å². The minimum atomic E-state index is 0.300. The molecule has 0 radical (unpaired) electrons. The number of likely N-dealkylation sites (N-methyl/N-ethyl adjacent to an activating group) is 1. The van der Waals surface area contributed by atoms with Gasteiger partial charge in [-0.3, -0.25) is 4.90 Å². The molecule has 0 aromatic heterocycles. The van der Waals surface area contributed by atoms with E-state index in [4.69, 9.17) is 15.2 Å². The number of nitrogens with zero attached hydrogens (tertiary/aromatic N) is 1. The molecule has 19 heavy (non-hydrogen) atoms. The second kappa shape index (κ2) is 6.37. The van der Waals surface area contributed by atoms with Crippen molar-refractivity contribution in [3.05, 3.63) is 29.3 Å². The Kier molecular flexibility index (Phi) is 4.80. The van der Waals surface area contributed by atoms with E-state index < -0.39 is 0 Å². The standard InChI is InChI=1S/C15H24N2O2/c1-11-14(6-7-19-11)17(2)10-13-8-12(9-16)4-5-15(13)18-3/h4-5,8,11,14H,6-7,9-10,16H2,1-3H3. The monoisotopic (exact) mass is 264 g/mol. The van der Waals surface area contributed by atoms with E-state index in [1.54, 1.807) is 7.11 Å². The molecule has 1 aliphatic heterocycles. The molecule has 1 saturated heterocycles. The number of nitrogens with two attached hydrogens (primary N) is 1. The molecule has 1 heterocycles. The van der Waals surface area contributed by atoms with Crippen LogP contribution in [0, 0.1) is 0 Å². The minimum Gasteiger partial charge on any atom is -0.496 e. The molecule has 1 aromatic carbocycles. The summed E-state index contributed by atoms with van der Waals surface area (Å²) in [5.41, 5.74) is 8.04. The molecule has 0 saturated carbocycles. The van der Waals surface area contributed by atoms with Crippen LogP contribution in [-0.4, -0.2) is 37.8 Å². The third kappa shape index (κ3) is 3.26. The van der Waals surface area contributed by atoms with Crippen molar-refractivity contribution in [2.45, 2.75) is 38.6 Å². The van der Waals surface area contributed by atoms with Crippen LogP contribution in [0.2, 0.25) is 0 Å². The molecule has 4 heteroatoms. The summed E-state index contributed by atoms with van der Waals surface area (Å²) in [6.07, 6.45) is 1.39. The highest BCUT2D eigenvalue weighted by molar-refractivity contribution is 5.37. The summed E-state index contributed by atoms with van der Waals surface area (Å²) in [4.78, 5) is 2.34. The molecule has 106 valence electrons.